The number of hydrogen-bond donors (Lipinski definition) is 1. The number of benzene rings is 1. The molecule has 1 atom stereocenters. The van der Waals surface area contributed by atoms with Gasteiger partial charge in [-0.15, -0.1) is 0 Å². The summed E-state index contributed by atoms with van der Waals surface area (Å²) in [4.78, 5) is 4.37. The predicted molar refractivity (Wildman–Crippen MR) is 81.2 cm³/mol. The molecule has 0 saturated carbocycles. The highest BCUT2D eigenvalue weighted by molar-refractivity contribution is 5.81. The Morgan fingerprint density at radius 2 is 2.05 bits per heavy atom. The maximum Gasteiger partial charge on any atom is 0.0983 e. The molecule has 1 saturated heterocycles. The number of rotatable bonds is 4. The summed E-state index contributed by atoms with van der Waals surface area (Å²) in [5.74, 6) is 0. The van der Waals surface area contributed by atoms with Gasteiger partial charge < -0.3 is 14.6 Å². The van der Waals surface area contributed by atoms with Crippen molar-refractivity contribution in [1.82, 2.24) is 4.98 Å². The third-order valence-corrected chi connectivity index (χ3v) is 4.51. The molecule has 0 bridgehead atoms. The van der Waals surface area contributed by atoms with Crippen molar-refractivity contribution < 1.29 is 14.6 Å². The van der Waals surface area contributed by atoms with Gasteiger partial charge in [-0.2, -0.15) is 0 Å². The number of aromatic nitrogens is 1. The number of aliphatic hydroxyl groups is 1. The summed E-state index contributed by atoms with van der Waals surface area (Å²) in [7, 11) is 1.68. The van der Waals surface area contributed by atoms with Crippen molar-refractivity contribution in [2.75, 3.05) is 20.3 Å². The topological polar surface area (TPSA) is 51.6 Å². The molecule has 0 aliphatic carbocycles. The second-order valence-electron chi connectivity index (χ2n) is 5.59. The molecule has 1 unspecified atom stereocenters. The summed E-state index contributed by atoms with van der Waals surface area (Å²) in [6.45, 7) is 1.28. The highest BCUT2D eigenvalue weighted by Gasteiger charge is 2.39. The molecule has 1 aliphatic rings. The first kappa shape index (κ1) is 14.4. The van der Waals surface area contributed by atoms with Crippen LogP contribution in [0.15, 0.2) is 36.5 Å². The summed E-state index contributed by atoms with van der Waals surface area (Å²) < 4.78 is 11.1. The van der Waals surface area contributed by atoms with Crippen LogP contribution in [0.1, 0.15) is 18.4 Å². The van der Waals surface area contributed by atoms with E-state index in [1.54, 1.807) is 13.3 Å². The predicted octanol–water partition coefficient (Wildman–Crippen LogP) is 2.33. The van der Waals surface area contributed by atoms with Crippen molar-refractivity contribution in [2.24, 2.45) is 0 Å². The summed E-state index contributed by atoms with van der Waals surface area (Å²) in [6, 6.07) is 10.00. The van der Waals surface area contributed by atoms with Crippen LogP contribution in [0.2, 0.25) is 0 Å². The molecule has 1 aromatic carbocycles. The Labute approximate surface area is 124 Å². The van der Waals surface area contributed by atoms with Gasteiger partial charge in [-0.3, -0.25) is 4.98 Å². The molecule has 0 amide bonds. The Bertz CT molecular complexity index is 603. The number of fused-ring (bicyclic) bond motifs is 1. The average molecular weight is 287 g/mol. The Hall–Kier alpha value is -1.49. The molecule has 2 aromatic rings. The van der Waals surface area contributed by atoms with Crippen LogP contribution in [0, 0.1) is 0 Å². The Morgan fingerprint density at radius 3 is 2.81 bits per heavy atom. The zero-order chi connectivity index (χ0) is 14.7. The van der Waals surface area contributed by atoms with E-state index >= 15 is 0 Å². The molecular weight excluding hydrogens is 266 g/mol. The molecule has 1 aromatic heterocycles. The standard InChI is InChI=1S/C17H21NO3/c1-20-17(7-10-21-11-8-17)16(19)12-13-6-9-18-15-5-3-2-4-14(13)15/h2-6,9,16,19H,7-8,10-12H2,1H3. The van der Waals surface area contributed by atoms with Gasteiger partial charge in [0.25, 0.3) is 0 Å². The SMILES string of the molecule is COC1(C(O)Cc2ccnc3ccccc23)CCOCC1. The van der Waals surface area contributed by atoms with Gasteiger partial charge in [-0.25, -0.2) is 0 Å². The summed E-state index contributed by atoms with van der Waals surface area (Å²) in [5, 5.41) is 11.8. The van der Waals surface area contributed by atoms with Crippen molar-refractivity contribution in [3.05, 3.63) is 42.1 Å². The van der Waals surface area contributed by atoms with Gasteiger partial charge in [0.2, 0.25) is 0 Å². The van der Waals surface area contributed by atoms with E-state index in [4.69, 9.17) is 9.47 Å². The van der Waals surface area contributed by atoms with Gasteiger partial charge in [0.05, 0.1) is 17.2 Å². The third kappa shape index (κ3) is 2.79. The number of pyridine rings is 1. The van der Waals surface area contributed by atoms with Crippen LogP contribution in [-0.4, -0.2) is 42.1 Å². The minimum Gasteiger partial charge on any atom is -0.390 e. The molecule has 2 heterocycles. The summed E-state index contributed by atoms with van der Waals surface area (Å²) >= 11 is 0. The van der Waals surface area contributed by atoms with E-state index in [1.807, 2.05) is 30.3 Å². The molecule has 1 N–H and O–H groups in total. The first-order valence-corrected chi connectivity index (χ1v) is 7.39. The van der Waals surface area contributed by atoms with Crippen LogP contribution in [0.25, 0.3) is 10.9 Å². The van der Waals surface area contributed by atoms with Gasteiger partial charge in [-0.1, -0.05) is 18.2 Å². The van der Waals surface area contributed by atoms with E-state index in [9.17, 15) is 5.11 Å². The fraction of sp³-hybridized carbons (Fsp3) is 0.471. The Morgan fingerprint density at radius 1 is 1.29 bits per heavy atom. The molecule has 112 valence electrons. The molecule has 4 nitrogen and oxygen atoms in total. The maximum atomic E-state index is 10.7. The van der Waals surface area contributed by atoms with E-state index in [1.165, 1.54) is 0 Å². The highest BCUT2D eigenvalue weighted by atomic mass is 16.5. The van der Waals surface area contributed by atoms with Crippen molar-refractivity contribution in [1.29, 1.82) is 0 Å². The minimum atomic E-state index is -0.544. The number of methoxy groups -OCH3 is 1. The molecule has 3 rings (SSSR count). The molecule has 0 spiro atoms. The zero-order valence-electron chi connectivity index (χ0n) is 12.3. The van der Waals surface area contributed by atoms with E-state index in [-0.39, 0.29) is 0 Å². The van der Waals surface area contributed by atoms with Gasteiger partial charge in [0.1, 0.15) is 0 Å². The van der Waals surface area contributed by atoms with Crippen LogP contribution in [-0.2, 0) is 15.9 Å². The minimum absolute atomic E-state index is 0.497. The smallest absolute Gasteiger partial charge is 0.0983 e. The van der Waals surface area contributed by atoms with E-state index in [2.05, 4.69) is 4.98 Å². The molecular formula is C17H21NO3. The van der Waals surface area contributed by atoms with Gasteiger partial charge >= 0.3 is 0 Å². The zero-order valence-corrected chi connectivity index (χ0v) is 12.3. The second-order valence-corrected chi connectivity index (χ2v) is 5.59. The lowest BCUT2D eigenvalue weighted by molar-refractivity contribution is -0.151. The average Bonchev–Trinajstić information content (AvgIpc) is 2.56. The lowest BCUT2D eigenvalue weighted by Gasteiger charge is -2.39. The van der Waals surface area contributed by atoms with Crippen molar-refractivity contribution in [3.8, 4) is 0 Å². The molecule has 0 radical (unpaired) electrons. The third-order valence-electron chi connectivity index (χ3n) is 4.51. The van der Waals surface area contributed by atoms with E-state index in [0.29, 0.717) is 19.6 Å². The number of para-hydroxylation sites is 1. The normalized spacial score (nSPS) is 19.5. The lowest BCUT2D eigenvalue weighted by Crippen LogP contribution is -2.49. The van der Waals surface area contributed by atoms with Gasteiger partial charge in [0, 0.05) is 51.2 Å². The number of ether oxygens (including phenoxy) is 2. The fourth-order valence-corrected chi connectivity index (χ4v) is 3.12. The van der Waals surface area contributed by atoms with Gasteiger partial charge in [-0.05, 0) is 17.7 Å². The first-order valence-electron chi connectivity index (χ1n) is 7.39. The summed E-state index contributed by atoms with van der Waals surface area (Å²) in [5.41, 5.74) is 1.57. The molecule has 1 aliphatic heterocycles. The Balaban J connectivity index is 1.87. The fourth-order valence-electron chi connectivity index (χ4n) is 3.12. The summed E-state index contributed by atoms with van der Waals surface area (Å²) in [6.07, 6.45) is 3.28. The quantitative estimate of drug-likeness (QED) is 0.937. The highest BCUT2D eigenvalue weighted by Crippen LogP contribution is 2.31. The second kappa shape index (κ2) is 6.10. The van der Waals surface area contributed by atoms with Crippen LogP contribution in [0.5, 0.6) is 0 Å². The number of aliphatic hydroxyl groups excluding tert-OH is 1. The van der Waals surface area contributed by atoms with Crippen molar-refractivity contribution in [2.45, 2.75) is 31.0 Å². The molecule has 21 heavy (non-hydrogen) atoms. The molecule has 1 fully saturated rings. The largest absolute Gasteiger partial charge is 0.390 e. The first-order chi connectivity index (χ1) is 10.2. The van der Waals surface area contributed by atoms with Crippen LogP contribution >= 0.6 is 0 Å². The monoisotopic (exact) mass is 287 g/mol. The number of nitrogens with zero attached hydrogens (tertiary/aromatic N) is 1. The maximum absolute atomic E-state index is 10.7. The van der Waals surface area contributed by atoms with Crippen LogP contribution in [0.4, 0.5) is 0 Å². The van der Waals surface area contributed by atoms with Gasteiger partial charge in [0.15, 0.2) is 0 Å². The lowest BCUT2D eigenvalue weighted by atomic mass is 9.84. The molecule has 4 heteroatoms. The van der Waals surface area contributed by atoms with Crippen molar-refractivity contribution in [3.63, 3.8) is 0 Å². The van der Waals surface area contributed by atoms with Crippen LogP contribution in [0.3, 0.4) is 0 Å². The Kier molecular flexibility index (Phi) is 4.19. The van der Waals surface area contributed by atoms with Crippen LogP contribution < -0.4 is 0 Å². The number of hydrogen-bond acceptors (Lipinski definition) is 4. The van der Waals surface area contributed by atoms with E-state index < -0.39 is 11.7 Å². The van der Waals surface area contributed by atoms with E-state index in [0.717, 1.165) is 29.3 Å². The van der Waals surface area contributed by atoms with Crippen molar-refractivity contribution >= 4 is 10.9 Å².